The first kappa shape index (κ1) is 12.3. The van der Waals surface area contributed by atoms with Crippen LogP contribution in [0.5, 0.6) is 0 Å². The number of hydrogen-bond donors (Lipinski definition) is 1. The van der Waals surface area contributed by atoms with Gasteiger partial charge in [0.05, 0.1) is 4.47 Å². The third-order valence-corrected chi connectivity index (χ3v) is 3.26. The van der Waals surface area contributed by atoms with Gasteiger partial charge in [-0.05, 0) is 52.2 Å². The molecule has 0 radical (unpaired) electrons. The zero-order chi connectivity index (χ0) is 12.4. The molecule has 2 rings (SSSR count). The molecule has 1 atom stereocenters. The van der Waals surface area contributed by atoms with Crippen LogP contribution in [-0.4, -0.2) is 4.57 Å². The molecule has 1 unspecified atom stereocenters. The third kappa shape index (κ3) is 2.96. The molecule has 90 valence electrons. The molecule has 17 heavy (non-hydrogen) atoms. The molecule has 1 aromatic heterocycles. The molecule has 0 aliphatic heterocycles. The third-order valence-electron chi connectivity index (χ3n) is 2.65. The van der Waals surface area contributed by atoms with Crippen molar-refractivity contribution in [2.45, 2.75) is 19.5 Å². The number of nitrogens with zero attached hydrogens (tertiary/aromatic N) is 1. The van der Waals surface area contributed by atoms with Gasteiger partial charge < -0.3 is 10.3 Å². The maximum absolute atomic E-state index is 13.1. The molecule has 0 bridgehead atoms. The van der Waals surface area contributed by atoms with Gasteiger partial charge in [0.25, 0.3) is 0 Å². The van der Waals surface area contributed by atoms with E-state index in [1.807, 2.05) is 30.0 Å². The summed E-state index contributed by atoms with van der Waals surface area (Å²) in [5.41, 5.74) is 7.94. The summed E-state index contributed by atoms with van der Waals surface area (Å²) in [5.74, 6) is -0.238. The van der Waals surface area contributed by atoms with Crippen molar-refractivity contribution in [3.63, 3.8) is 0 Å². The lowest BCUT2D eigenvalue weighted by Gasteiger charge is -2.05. The Kier molecular flexibility index (Phi) is 3.64. The highest BCUT2D eigenvalue weighted by atomic mass is 79.9. The van der Waals surface area contributed by atoms with Crippen LogP contribution in [0.1, 0.15) is 24.1 Å². The molecule has 1 heterocycles. The van der Waals surface area contributed by atoms with Gasteiger partial charge in [-0.3, -0.25) is 0 Å². The van der Waals surface area contributed by atoms with Crippen LogP contribution in [0.2, 0.25) is 0 Å². The summed E-state index contributed by atoms with van der Waals surface area (Å²) in [4.78, 5) is 0. The van der Waals surface area contributed by atoms with Gasteiger partial charge in [-0.2, -0.15) is 0 Å². The lowest BCUT2D eigenvalue weighted by molar-refractivity contribution is 0.619. The second-order valence-electron chi connectivity index (χ2n) is 4.15. The Morgan fingerprint density at radius 1 is 1.41 bits per heavy atom. The standard InChI is InChI=1S/C13H14BrFN2/c1-9(16)11-4-5-17(8-11)7-10-2-3-13(15)12(14)6-10/h2-6,8-9H,7,16H2,1H3. The molecule has 1 aromatic carbocycles. The topological polar surface area (TPSA) is 30.9 Å². The maximum Gasteiger partial charge on any atom is 0.137 e. The number of nitrogens with two attached hydrogens (primary N) is 1. The second-order valence-corrected chi connectivity index (χ2v) is 5.01. The molecule has 0 aliphatic rings. The van der Waals surface area contributed by atoms with E-state index in [0.29, 0.717) is 11.0 Å². The molecule has 0 amide bonds. The number of aromatic nitrogens is 1. The Labute approximate surface area is 108 Å². The molecule has 0 saturated carbocycles. The van der Waals surface area contributed by atoms with Crippen molar-refractivity contribution in [1.82, 2.24) is 4.57 Å². The first-order valence-electron chi connectivity index (χ1n) is 5.41. The summed E-state index contributed by atoms with van der Waals surface area (Å²) < 4.78 is 15.6. The fraction of sp³-hybridized carbons (Fsp3) is 0.231. The fourth-order valence-corrected chi connectivity index (χ4v) is 2.10. The highest BCUT2D eigenvalue weighted by molar-refractivity contribution is 9.10. The minimum Gasteiger partial charge on any atom is -0.350 e. The van der Waals surface area contributed by atoms with E-state index in [1.54, 1.807) is 12.1 Å². The normalized spacial score (nSPS) is 12.7. The first-order valence-corrected chi connectivity index (χ1v) is 6.21. The molecular formula is C13H14BrFN2. The highest BCUT2D eigenvalue weighted by Gasteiger charge is 2.04. The van der Waals surface area contributed by atoms with Crippen LogP contribution in [0.3, 0.4) is 0 Å². The van der Waals surface area contributed by atoms with Crippen molar-refractivity contribution in [2.24, 2.45) is 5.73 Å². The van der Waals surface area contributed by atoms with Crippen LogP contribution in [0, 0.1) is 5.82 Å². The predicted molar refractivity (Wildman–Crippen MR) is 70.2 cm³/mol. The number of hydrogen-bond acceptors (Lipinski definition) is 1. The average molecular weight is 297 g/mol. The summed E-state index contributed by atoms with van der Waals surface area (Å²) in [6.45, 7) is 2.67. The van der Waals surface area contributed by atoms with E-state index < -0.39 is 0 Å². The Morgan fingerprint density at radius 3 is 2.76 bits per heavy atom. The Balaban J connectivity index is 2.16. The summed E-state index contributed by atoms with van der Waals surface area (Å²) >= 11 is 3.18. The van der Waals surface area contributed by atoms with E-state index >= 15 is 0 Å². The average Bonchev–Trinajstić information content (AvgIpc) is 2.72. The molecule has 2 nitrogen and oxygen atoms in total. The molecule has 0 saturated heterocycles. The van der Waals surface area contributed by atoms with Crippen molar-refractivity contribution in [3.8, 4) is 0 Å². The van der Waals surface area contributed by atoms with Crippen LogP contribution in [0.4, 0.5) is 4.39 Å². The van der Waals surface area contributed by atoms with E-state index in [9.17, 15) is 4.39 Å². The Bertz CT molecular complexity index is 520. The van der Waals surface area contributed by atoms with Crippen LogP contribution in [0.15, 0.2) is 41.1 Å². The Morgan fingerprint density at radius 2 is 2.18 bits per heavy atom. The zero-order valence-corrected chi connectivity index (χ0v) is 11.1. The van der Waals surface area contributed by atoms with E-state index in [4.69, 9.17) is 5.73 Å². The van der Waals surface area contributed by atoms with Crippen molar-refractivity contribution in [2.75, 3.05) is 0 Å². The number of rotatable bonds is 3. The fourth-order valence-electron chi connectivity index (χ4n) is 1.68. The van der Waals surface area contributed by atoms with Gasteiger partial charge in [0.15, 0.2) is 0 Å². The molecule has 2 aromatic rings. The van der Waals surface area contributed by atoms with E-state index in [0.717, 1.165) is 11.1 Å². The SMILES string of the molecule is CC(N)c1ccn(Cc2ccc(F)c(Br)c2)c1. The molecule has 0 fully saturated rings. The molecule has 0 aliphatic carbocycles. The van der Waals surface area contributed by atoms with Gasteiger partial charge in [0.1, 0.15) is 5.82 Å². The largest absolute Gasteiger partial charge is 0.350 e. The van der Waals surface area contributed by atoms with E-state index in [1.165, 1.54) is 6.07 Å². The molecule has 0 spiro atoms. The lowest BCUT2D eigenvalue weighted by atomic mass is 10.2. The van der Waals surface area contributed by atoms with Gasteiger partial charge >= 0.3 is 0 Å². The van der Waals surface area contributed by atoms with E-state index in [2.05, 4.69) is 15.9 Å². The predicted octanol–water partition coefficient (Wildman–Crippen LogP) is 3.46. The van der Waals surface area contributed by atoms with Crippen LogP contribution >= 0.6 is 15.9 Å². The van der Waals surface area contributed by atoms with Gasteiger partial charge in [-0.1, -0.05) is 6.07 Å². The van der Waals surface area contributed by atoms with Crippen molar-refractivity contribution in [3.05, 3.63) is 58.1 Å². The van der Waals surface area contributed by atoms with Crippen LogP contribution in [-0.2, 0) is 6.54 Å². The van der Waals surface area contributed by atoms with Gasteiger partial charge in [0.2, 0.25) is 0 Å². The highest BCUT2D eigenvalue weighted by Crippen LogP contribution is 2.18. The minimum atomic E-state index is -0.238. The molecule has 2 N–H and O–H groups in total. The van der Waals surface area contributed by atoms with Crippen molar-refractivity contribution in [1.29, 1.82) is 0 Å². The smallest absolute Gasteiger partial charge is 0.137 e. The first-order chi connectivity index (χ1) is 8.06. The summed E-state index contributed by atoms with van der Waals surface area (Å²) in [6, 6.07) is 7.08. The number of halogens is 2. The molecule has 4 heteroatoms. The van der Waals surface area contributed by atoms with Crippen molar-refractivity contribution < 1.29 is 4.39 Å². The minimum absolute atomic E-state index is 0.0382. The summed E-state index contributed by atoms with van der Waals surface area (Å²) in [7, 11) is 0. The van der Waals surface area contributed by atoms with Gasteiger partial charge in [0, 0.05) is 25.0 Å². The van der Waals surface area contributed by atoms with E-state index in [-0.39, 0.29) is 11.9 Å². The lowest BCUT2D eigenvalue weighted by Crippen LogP contribution is -2.04. The quantitative estimate of drug-likeness (QED) is 0.924. The molecular weight excluding hydrogens is 283 g/mol. The van der Waals surface area contributed by atoms with Gasteiger partial charge in [-0.25, -0.2) is 4.39 Å². The van der Waals surface area contributed by atoms with Crippen LogP contribution in [0.25, 0.3) is 0 Å². The Hall–Kier alpha value is -1.13. The summed E-state index contributed by atoms with van der Waals surface area (Å²) in [6.07, 6.45) is 4.00. The van der Waals surface area contributed by atoms with Crippen molar-refractivity contribution >= 4 is 15.9 Å². The summed E-state index contributed by atoms with van der Waals surface area (Å²) in [5, 5.41) is 0. The maximum atomic E-state index is 13.1. The second kappa shape index (κ2) is 5.02. The number of benzene rings is 1. The van der Waals surface area contributed by atoms with Crippen LogP contribution < -0.4 is 5.73 Å². The van der Waals surface area contributed by atoms with Gasteiger partial charge in [-0.15, -0.1) is 0 Å². The zero-order valence-electron chi connectivity index (χ0n) is 9.53. The monoisotopic (exact) mass is 296 g/mol.